The summed E-state index contributed by atoms with van der Waals surface area (Å²) >= 11 is 0. The number of nitro groups is 1. The highest BCUT2D eigenvalue weighted by Crippen LogP contribution is 2.08. The van der Waals surface area contributed by atoms with Crippen LogP contribution in [0.25, 0.3) is 0 Å². The Kier molecular flexibility index (Phi) is 1.81. The zero-order valence-corrected chi connectivity index (χ0v) is 5.17. The quantitative estimate of drug-likeness (QED) is 0.289. The van der Waals surface area contributed by atoms with Crippen LogP contribution in [0.15, 0.2) is 15.7 Å². The van der Waals surface area contributed by atoms with Crippen molar-refractivity contribution in [1.29, 1.82) is 0 Å². The van der Waals surface area contributed by atoms with Crippen molar-refractivity contribution in [2.24, 2.45) is 5.16 Å². The second kappa shape index (κ2) is 2.78. The van der Waals surface area contributed by atoms with Crippen LogP contribution < -0.4 is 0 Å². The molecule has 0 saturated heterocycles. The molecular weight excluding hydrogens is 154 g/mol. The minimum atomic E-state index is -0.710. The molecule has 1 N–H and O–H groups in total. The van der Waals surface area contributed by atoms with E-state index in [0.29, 0.717) is 0 Å². The van der Waals surface area contributed by atoms with Gasteiger partial charge in [0.15, 0.2) is 5.16 Å². The smallest absolute Gasteiger partial charge is 0.411 e. The molecule has 0 aliphatic carbocycles. The molecule has 0 atom stereocenters. The number of oxime groups is 1. The summed E-state index contributed by atoms with van der Waals surface area (Å²) in [5.74, 6) is -0.390. The fourth-order valence-corrected chi connectivity index (χ4v) is 0.483. The Morgan fingerprint density at radius 3 is 3.09 bits per heavy atom. The zero-order chi connectivity index (χ0) is 8.27. The lowest BCUT2D eigenvalue weighted by molar-refractivity contribution is -0.390. The van der Waals surface area contributed by atoms with Crippen LogP contribution in [0.3, 0.4) is 0 Å². The Balaban J connectivity index is 2.90. The van der Waals surface area contributed by atoms with E-state index in [-0.39, 0.29) is 5.76 Å². The molecule has 11 heavy (non-hydrogen) atoms. The molecule has 0 aliphatic rings. The highest BCUT2D eigenvalue weighted by atomic mass is 16.6. The lowest BCUT2D eigenvalue weighted by Gasteiger charge is -1.79. The Labute approximate surface area is 60.1 Å². The van der Waals surface area contributed by atoms with E-state index in [0.717, 1.165) is 12.3 Å². The molecule has 0 radical (unpaired) electrons. The van der Waals surface area contributed by atoms with E-state index in [1.165, 1.54) is 0 Å². The first-order chi connectivity index (χ1) is 5.24. The summed E-state index contributed by atoms with van der Waals surface area (Å²) < 4.78 is 4.37. The molecule has 1 heterocycles. The van der Waals surface area contributed by atoms with Crippen molar-refractivity contribution in [3.8, 4) is 0 Å². The molecule has 58 valence electrons. The average molecular weight is 157 g/mol. The van der Waals surface area contributed by atoms with Crippen LogP contribution in [0.5, 0.6) is 0 Å². The molecule has 0 aliphatic heterocycles. The fourth-order valence-electron chi connectivity index (χ4n) is 0.483. The Morgan fingerprint density at radius 1 is 1.91 bits per heavy atom. The van der Waals surface area contributed by atoms with Crippen LogP contribution >= 0.6 is 0 Å². The lowest BCUT2D eigenvalue weighted by Crippen LogP contribution is -1.85. The maximum Gasteiger partial charge on any atom is 0.414 e. The zero-order valence-electron chi connectivity index (χ0n) is 5.17. The van der Waals surface area contributed by atoms with Gasteiger partial charge in [-0.25, -0.2) is 0 Å². The summed E-state index contributed by atoms with van der Waals surface area (Å²) in [5.41, 5.74) is 0. The van der Waals surface area contributed by atoms with E-state index < -0.39 is 10.7 Å². The molecule has 7 heteroatoms. The number of hydrogen-bond acceptors (Lipinski definition) is 6. The second-order valence-electron chi connectivity index (χ2n) is 1.59. The van der Waals surface area contributed by atoms with Gasteiger partial charge in [-0.1, -0.05) is 5.16 Å². The predicted molar refractivity (Wildman–Crippen MR) is 32.5 cm³/mol. The van der Waals surface area contributed by atoms with Gasteiger partial charge in [0, 0.05) is 0 Å². The van der Waals surface area contributed by atoms with Gasteiger partial charge in [-0.15, -0.1) is 0 Å². The summed E-state index contributed by atoms with van der Waals surface area (Å²) in [6.07, 6.45) is 0.903. The first-order valence-corrected chi connectivity index (χ1v) is 2.52. The van der Waals surface area contributed by atoms with E-state index in [1.54, 1.807) is 0 Å². The summed E-state index contributed by atoms with van der Waals surface area (Å²) in [5, 5.41) is 23.6. The van der Waals surface area contributed by atoms with Crippen molar-refractivity contribution in [1.82, 2.24) is 5.16 Å². The molecule has 0 aromatic carbocycles. The Morgan fingerprint density at radius 2 is 2.64 bits per heavy atom. The average Bonchev–Trinajstić information content (AvgIpc) is 2.37. The molecule has 0 saturated carbocycles. The Hall–Kier alpha value is -1.92. The van der Waals surface area contributed by atoms with E-state index in [2.05, 4.69) is 14.8 Å². The molecule has 7 nitrogen and oxygen atoms in total. The van der Waals surface area contributed by atoms with Crippen molar-refractivity contribution in [2.45, 2.75) is 0 Å². The monoisotopic (exact) mass is 157 g/mol. The number of nitrogens with zero attached hydrogens (tertiary/aromatic N) is 3. The van der Waals surface area contributed by atoms with E-state index in [1.807, 2.05) is 0 Å². The maximum atomic E-state index is 9.99. The molecule has 0 bridgehead atoms. The van der Waals surface area contributed by atoms with Crippen molar-refractivity contribution in [3.05, 3.63) is 21.9 Å². The third-order valence-electron chi connectivity index (χ3n) is 0.888. The molecular formula is C4H3N3O4. The van der Waals surface area contributed by atoms with Crippen LogP contribution in [0.2, 0.25) is 0 Å². The molecule has 1 rings (SSSR count). The molecule has 0 fully saturated rings. The second-order valence-corrected chi connectivity index (χ2v) is 1.59. The predicted octanol–water partition coefficient (Wildman–Crippen LogP) is 0.391. The van der Waals surface area contributed by atoms with Crippen LogP contribution in [-0.4, -0.2) is 21.5 Å². The third kappa shape index (κ3) is 1.51. The summed E-state index contributed by atoms with van der Waals surface area (Å²) in [7, 11) is 0. The molecule has 0 unspecified atom stereocenters. The SMILES string of the molecule is O=[N+]([O-])c1cc(/C=N/O)on1. The van der Waals surface area contributed by atoms with Crippen molar-refractivity contribution < 1.29 is 14.7 Å². The van der Waals surface area contributed by atoms with Gasteiger partial charge in [0.25, 0.3) is 0 Å². The van der Waals surface area contributed by atoms with Gasteiger partial charge >= 0.3 is 5.82 Å². The van der Waals surface area contributed by atoms with Gasteiger partial charge < -0.3 is 15.3 Å². The highest BCUT2D eigenvalue weighted by Gasteiger charge is 2.12. The topological polar surface area (TPSA) is 102 Å². The van der Waals surface area contributed by atoms with Gasteiger partial charge in [-0.05, 0) is 4.92 Å². The van der Waals surface area contributed by atoms with Crippen molar-refractivity contribution in [3.63, 3.8) is 0 Å². The number of aromatic nitrogens is 1. The Bertz CT molecular complexity index is 291. The van der Waals surface area contributed by atoms with E-state index >= 15 is 0 Å². The minimum Gasteiger partial charge on any atom is -0.411 e. The van der Waals surface area contributed by atoms with Gasteiger partial charge in [0.2, 0.25) is 5.76 Å². The van der Waals surface area contributed by atoms with Crippen molar-refractivity contribution >= 4 is 12.0 Å². The molecule has 0 amide bonds. The minimum absolute atomic E-state index is 0.0270. The van der Waals surface area contributed by atoms with Crippen LogP contribution in [0.1, 0.15) is 5.76 Å². The van der Waals surface area contributed by atoms with Gasteiger partial charge in [0.05, 0.1) is 6.07 Å². The third-order valence-corrected chi connectivity index (χ3v) is 0.888. The highest BCUT2D eigenvalue weighted by molar-refractivity contribution is 5.75. The molecule has 0 spiro atoms. The summed E-state index contributed by atoms with van der Waals surface area (Å²) in [6.45, 7) is 0. The largest absolute Gasteiger partial charge is 0.414 e. The first kappa shape index (κ1) is 7.19. The lowest BCUT2D eigenvalue weighted by atomic mass is 10.5. The summed E-state index contributed by atoms with van der Waals surface area (Å²) in [6, 6.07) is 1.04. The number of hydrogen-bond donors (Lipinski definition) is 1. The van der Waals surface area contributed by atoms with Crippen LogP contribution in [0, 0.1) is 10.1 Å². The van der Waals surface area contributed by atoms with Crippen LogP contribution in [0.4, 0.5) is 5.82 Å². The van der Waals surface area contributed by atoms with Gasteiger partial charge in [0.1, 0.15) is 6.21 Å². The van der Waals surface area contributed by atoms with Crippen molar-refractivity contribution in [2.75, 3.05) is 0 Å². The van der Waals surface area contributed by atoms with E-state index in [9.17, 15) is 10.1 Å². The standard InChI is InChI=1S/C4H3N3O4/c8-5-2-3-1-4(6-11-3)7(9)10/h1-2,8H/b5-2+. The van der Waals surface area contributed by atoms with Gasteiger partial charge in [-0.3, -0.25) is 4.52 Å². The molecule has 1 aromatic rings. The molecule has 1 aromatic heterocycles. The maximum absolute atomic E-state index is 9.99. The number of rotatable bonds is 2. The van der Waals surface area contributed by atoms with Gasteiger partial charge in [-0.2, -0.15) is 0 Å². The fraction of sp³-hybridized carbons (Fsp3) is 0. The normalized spacial score (nSPS) is 10.5. The first-order valence-electron chi connectivity index (χ1n) is 2.52. The summed E-state index contributed by atoms with van der Waals surface area (Å²) in [4.78, 5) is 9.28. The van der Waals surface area contributed by atoms with Crippen LogP contribution in [-0.2, 0) is 0 Å². The van der Waals surface area contributed by atoms with E-state index in [4.69, 9.17) is 5.21 Å².